The van der Waals surface area contributed by atoms with E-state index in [1.165, 1.54) is 64.2 Å². The van der Waals surface area contributed by atoms with Crippen LogP contribution in [0.3, 0.4) is 0 Å². The topological polar surface area (TPSA) is 119 Å². The van der Waals surface area contributed by atoms with Crippen LogP contribution in [0.25, 0.3) is 0 Å². The van der Waals surface area contributed by atoms with E-state index in [0.29, 0.717) is 75.9 Å². The zero-order valence-corrected chi connectivity index (χ0v) is 73.2. The molecule has 0 spiro atoms. The van der Waals surface area contributed by atoms with Crippen molar-refractivity contribution in [2.24, 2.45) is 0 Å². The Balaban J connectivity index is 0.000000593. The molecule has 10 rings (SSSR count). The summed E-state index contributed by atoms with van der Waals surface area (Å²) < 4.78 is 12.6. The van der Waals surface area contributed by atoms with Gasteiger partial charge >= 0.3 is 105 Å². The molecule has 35 heteroatoms. The molecule has 10 heterocycles. The second-order valence-electron chi connectivity index (χ2n) is 25.9. The fourth-order valence-corrected chi connectivity index (χ4v) is 13.1. The standard InChI is InChI=1S/C14H26B2N4.C13H24B2N4.C12H22B2N4.2C11H20B2N4.5Pt/c1-5-6-7-8-12-20-15(2)18(4)13-19(16(20)3)14-10-9-11-17-14;1-5-6-7-11-19-14(2)17(4)12-18(15(19)3)13-9-8-10-16-13;1-5-6-10-18-13(2)16(4)11-17(14(18)3)12-8-7-9-15-12;1-10(2)17-12(3)15(5)9-16(13(17)4)11-7-6-8-14-11;1-5-9-17-12(2)15(4)10-16(13(17)3)11-7-6-8-14-11;;;;;/h9-11,13H,5-8,12H2,1-4H3;8-10,12H,5-7,11H2,1-4H3;7-9,11H,5-6,10H2,1-4H3;6-10H,1-5H3;6-8,10H,5,9H2,1-4H3;;;;;/q5*-2;5*+2. The van der Waals surface area contributed by atoms with Crippen molar-refractivity contribution in [3.63, 3.8) is 0 Å². The Labute approximate surface area is 661 Å². The van der Waals surface area contributed by atoms with Crippen molar-refractivity contribution in [1.82, 2.24) is 72.6 Å². The second kappa shape index (κ2) is 47.4. The van der Waals surface area contributed by atoms with Crippen LogP contribution in [0.1, 0.15) is 106 Å². The molecule has 20 nitrogen and oxygen atoms in total. The fraction of sp³-hybridized carbons (Fsp3) is 0.590. The first-order chi connectivity index (χ1) is 43.6. The smallest absolute Gasteiger partial charge is 0.620 e. The van der Waals surface area contributed by atoms with Crippen molar-refractivity contribution >= 4 is 98.9 Å². The maximum absolute atomic E-state index is 4.44. The van der Waals surface area contributed by atoms with Crippen LogP contribution in [0.5, 0.6) is 0 Å². The van der Waals surface area contributed by atoms with Gasteiger partial charge in [-0.1, -0.05) is 304 Å². The Hall–Kier alpha value is -0.909. The summed E-state index contributed by atoms with van der Waals surface area (Å²) in [5, 5.41) is 0. The van der Waals surface area contributed by atoms with Crippen molar-refractivity contribution in [2.75, 3.05) is 85.5 Å². The summed E-state index contributed by atoms with van der Waals surface area (Å²) in [7, 11) is 10.6. The molecule has 0 aliphatic carbocycles. The van der Waals surface area contributed by atoms with Gasteiger partial charge in [0.2, 0.25) is 0 Å². The van der Waals surface area contributed by atoms with E-state index < -0.39 is 0 Å². The number of hydrogen-bond acceptors (Lipinski definition) is 15. The number of unbranched alkanes of at least 4 members (excludes halogenated alkanes) is 6. The molecular weight excluding hydrogens is 2100 g/mol. The number of aromatic nitrogens is 5. The zero-order valence-electron chi connectivity index (χ0n) is 61.8. The maximum Gasteiger partial charge on any atom is 2.00 e. The predicted molar refractivity (Wildman–Crippen MR) is 400 cm³/mol. The van der Waals surface area contributed by atoms with Crippen LogP contribution in [0.15, 0.2) is 91.6 Å². The van der Waals surface area contributed by atoms with E-state index in [1.54, 1.807) is 0 Å². The molecule has 0 aromatic carbocycles. The quantitative estimate of drug-likeness (QED) is 0.0418. The van der Waals surface area contributed by atoms with Gasteiger partial charge in [-0.3, -0.25) is 33.3 Å². The van der Waals surface area contributed by atoms with Gasteiger partial charge in [-0.15, -0.1) is 0 Å². The number of hydrogen-bond donors (Lipinski definition) is 0. The summed E-state index contributed by atoms with van der Waals surface area (Å²) in [6.45, 7) is 55.3. The summed E-state index contributed by atoms with van der Waals surface area (Å²) in [5.41, 5.74) is 0. The number of nitrogens with zero attached hydrogens (tertiary/aromatic N) is 20. The van der Waals surface area contributed by atoms with E-state index in [-0.39, 0.29) is 105 Å². The summed E-state index contributed by atoms with van der Waals surface area (Å²) in [6, 6.07) is 20.8. The summed E-state index contributed by atoms with van der Waals surface area (Å²) in [4.78, 5) is 44.5. The first-order valence-corrected chi connectivity index (χ1v) is 34.6. The predicted octanol–water partition coefficient (Wildman–Crippen LogP) is 9.64. The minimum absolute atomic E-state index is 0. The monoisotopic (exact) mass is 2210 g/mol. The Morgan fingerprint density at radius 2 is 0.542 bits per heavy atom. The van der Waals surface area contributed by atoms with Gasteiger partial charge in [0, 0.05) is 0 Å². The van der Waals surface area contributed by atoms with Gasteiger partial charge in [0.1, 0.15) is 0 Å². The fourth-order valence-electron chi connectivity index (χ4n) is 13.1. The van der Waals surface area contributed by atoms with Gasteiger partial charge in [-0.25, -0.2) is 0 Å². The van der Waals surface area contributed by atoms with Crippen LogP contribution in [0.2, 0.25) is 68.2 Å². The van der Waals surface area contributed by atoms with Crippen molar-refractivity contribution < 1.29 is 105 Å². The molecule has 0 unspecified atom stereocenters. The molecule has 5 saturated heterocycles. The molecule has 5 fully saturated rings. The minimum Gasteiger partial charge on any atom is -0.620 e. The third-order valence-electron chi connectivity index (χ3n) is 19.3. The Kier molecular flexibility index (Phi) is 46.0. The zero-order chi connectivity index (χ0) is 66.5. The molecule has 5 aromatic rings. The average Bonchev–Trinajstić information content (AvgIpc) is 1.37. The number of rotatable bonds is 20. The molecule has 0 N–H and O–H groups in total. The second-order valence-corrected chi connectivity index (χ2v) is 25.9. The van der Waals surface area contributed by atoms with Crippen LogP contribution in [0, 0.1) is 33.3 Å². The molecule has 5 aromatic heterocycles. The van der Waals surface area contributed by atoms with E-state index in [2.05, 4.69) is 305 Å². The van der Waals surface area contributed by atoms with Crippen molar-refractivity contribution in [2.45, 2.75) is 180 Å². The Morgan fingerprint density at radius 3 is 0.792 bits per heavy atom. The summed E-state index contributed by atoms with van der Waals surface area (Å²) in [6.07, 6.45) is 22.0. The van der Waals surface area contributed by atoms with Gasteiger partial charge in [-0.2, -0.15) is 0 Å². The van der Waals surface area contributed by atoms with Crippen molar-refractivity contribution in [3.05, 3.63) is 125 Å². The van der Waals surface area contributed by atoms with Crippen LogP contribution >= 0.6 is 0 Å². The molecule has 96 heavy (non-hydrogen) atoms. The summed E-state index contributed by atoms with van der Waals surface area (Å²) >= 11 is 0. The maximum atomic E-state index is 4.44. The van der Waals surface area contributed by atoms with Crippen LogP contribution in [-0.4, -0.2) is 185 Å². The van der Waals surface area contributed by atoms with Crippen molar-refractivity contribution in [1.29, 1.82) is 0 Å². The minimum atomic E-state index is 0. The third kappa shape index (κ3) is 25.5. The van der Waals surface area contributed by atoms with Crippen LogP contribution < -0.4 is 49.0 Å². The normalized spacial score (nSPS) is 17.8. The molecule has 0 atom stereocenters. The largest absolute Gasteiger partial charge is 2.00 e. The van der Waals surface area contributed by atoms with Gasteiger partial charge < -0.3 is 96.6 Å². The van der Waals surface area contributed by atoms with E-state index >= 15 is 0 Å². The van der Waals surface area contributed by atoms with E-state index in [4.69, 9.17) is 0 Å². The molecule has 5 aliphatic rings. The molecule has 0 bridgehead atoms. The van der Waals surface area contributed by atoms with Crippen LogP contribution in [-0.2, 0) is 105 Å². The number of anilines is 5. The molecule has 0 saturated carbocycles. The van der Waals surface area contributed by atoms with E-state index in [1.807, 2.05) is 61.3 Å². The molecule has 0 radical (unpaired) electrons. The van der Waals surface area contributed by atoms with Gasteiger partial charge in [0.05, 0.1) is 0 Å². The summed E-state index contributed by atoms with van der Waals surface area (Å²) in [5.74, 6) is 5.14. The Bertz CT molecular complexity index is 2660. The first-order valence-electron chi connectivity index (χ1n) is 34.6. The third-order valence-corrected chi connectivity index (χ3v) is 19.3. The van der Waals surface area contributed by atoms with E-state index in [0.717, 1.165) is 55.3 Å². The van der Waals surface area contributed by atoms with Gasteiger partial charge in [-0.05, 0) is 57.9 Å². The molecular formula is C61H112B10N20Pt5. The van der Waals surface area contributed by atoms with Gasteiger partial charge in [0.15, 0.2) is 34.9 Å². The van der Waals surface area contributed by atoms with E-state index in [9.17, 15) is 0 Å². The van der Waals surface area contributed by atoms with Crippen molar-refractivity contribution in [3.8, 4) is 0 Å². The SMILES string of the molecule is CB1N(C)[CH-]N(c2ccc[n-]2)B(C)N1C(C)C.CCCCCCN1B(C)N(C)[CH-]N(c2ccc[n-]2)B1C.CCCCCN1B(C)N(C)[CH-]N(c2ccc[n-]2)B1C.CCCCN1B(C)N(C)[CH-]N(c2ccc[n-]2)B1C.CCCN1B(C)N(C)[CH-]N(c2ccc[n-]2)B1C.[Pt+2].[Pt+2].[Pt+2].[Pt+2].[Pt+2]. The molecule has 5 aliphatic heterocycles. The van der Waals surface area contributed by atoms with Crippen LogP contribution in [0.4, 0.5) is 29.1 Å². The Morgan fingerprint density at radius 1 is 0.302 bits per heavy atom. The first kappa shape index (κ1) is 93.1. The van der Waals surface area contributed by atoms with Gasteiger partial charge in [0.25, 0.3) is 34.9 Å². The molecule has 0 amide bonds. The average molecular weight is 2210 g/mol. The molecule has 536 valence electrons.